The summed E-state index contributed by atoms with van der Waals surface area (Å²) in [5.74, 6) is 0.161. The minimum atomic E-state index is -0.319. The average Bonchev–Trinajstić information content (AvgIpc) is 3.15. The summed E-state index contributed by atoms with van der Waals surface area (Å²) in [6.45, 7) is 5.18. The van der Waals surface area contributed by atoms with E-state index in [4.69, 9.17) is 11.6 Å². The molecule has 3 rings (SSSR count). The first-order chi connectivity index (χ1) is 11.6. The molecule has 6 nitrogen and oxygen atoms in total. The van der Waals surface area contributed by atoms with Crippen molar-refractivity contribution in [1.82, 2.24) is 19.6 Å². The van der Waals surface area contributed by atoms with Crippen molar-refractivity contribution in [2.75, 3.05) is 5.32 Å². The van der Waals surface area contributed by atoms with Crippen LogP contribution in [0.15, 0.2) is 42.7 Å². The van der Waals surface area contributed by atoms with Gasteiger partial charge in [-0.1, -0.05) is 35.9 Å². The Balaban J connectivity index is 1.73. The number of hydrogen-bond donors (Lipinski definition) is 1. The van der Waals surface area contributed by atoms with Crippen molar-refractivity contribution in [2.45, 2.75) is 26.9 Å². The molecule has 0 bridgehead atoms. The van der Waals surface area contributed by atoms with Gasteiger partial charge in [0.05, 0.1) is 17.8 Å². The maximum Gasteiger partial charge on any atom is 0.276 e. The number of carbonyl (C=O) groups is 1. The highest BCUT2D eigenvalue weighted by Crippen LogP contribution is 2.17. The lowest BCUT2D eigenvalue weighted by atomic mass is 10.1. The van der Waals surface area contributed by atoms with Crippen LogP contribution in [0.25, 0.3) is 0 Å². The fourth-order valence-corrected chi connectivity index (χ4v) is 2.71. The fourth-order valence-electron chi connectivity index (χ4n) is 2.48. The largest absolute Gasteiger partial charge is 0.304 e. The van der Waals surface area contributed by atoms with E-state index in [1.165, 1.54) is 17.3 Å². The molecule has 0 saturated heterocycles. The zero-order valence-electron chi connectivity index (χ0n) is 13.5. The summed E-state index contributed by atoms with van der Waals surface area (Å²) in [6.07, 6.45) is 3.30. The topological polar surface area (TPSA) is 64.7 Å². The number of halogens is 1. The molecule has 2 heterocycles. The maximum absolute atomic E-state index is 12.4. The Morgan fingerprint density at radius 2 is 2.08 bits per heavy atom. The third-order valence-electron chi connectivity index (χ3n) is 3.79. The molecule has 2 aromatic heterocycles. The minimum Gasteiger partial charge on any atom is -0.304 e. The van der Waals surface area contributed by atoms with E-state index < -0.39 is 0 Å². The maximum atomic E-state index is 12.4. The van der Waals surface area contributed by atoms with E-state index in [-0.39, 0.29) is 5.91 Å². The molecule has 0 aliphatic heterocycles. The number of benzene rings is 1. The molecule has 0 fully saturated rings. The van der Waals surface area contributed by atoms with Gasteiger partial charge in [0.2, 0.25) is 0 Å². The van der Waals surface area contributed by atoms with Crippen molar-refractivity contribution < 1.29 is 4.79 Å². The summed E-state index contributed by atoms with van der Waals surface area (Å²) in [5.41, 5.74) is 2.73. The van der Waals surface area contributed by atoms with Crippen LogP contribution >= 0.6 is 11.6 Å². The molecule has 0 aliphatic rings. The van der Waals surface area contributed by atoms with Gasteiger partial charge in [0, 0.05) is 18.8 Å². The zero-order valence-corrected chi connectivity index (χ0v) is 14.3. The normalized spacial score (nSPS) is 10.8. The predicted molar refractivity (Wildman–Crippen MR) is 93.4 cm³/mol. The van der Waals surface area contributed by atoms with Crippen LogP contribution in [-0.2, 0) is 13.1 Å². The van der Waals surface area contributed by atoms with Crippen molar-refractivity contribution in [3.8, 4) is 0 Å². The predicted octanol–water partition coefficient (Wildman–Crippen LogP) is 3.36. The number of nitrogens with one attached hydrogen (secondary N) is 1. The average molecular weight is 344 g/mol. The molecule has 0 spiro atoms. The lowest BCUT2D eigenvalue weighted by molar-refractivity contribution is 0.101. The molecule has 3 aromatic rings. The van der Waals surface area contributed by atoms with Gasteiger partial charge in [-0.15, -0.1) is 0 Å². The van der Waals surface area contributed by atoms with Gasteiger partial charge in [0.25, 0.3) is 5.91 Å². The molecule has 0 atom stereocenters. The molecule has 0 unspecified atom stereocenters. The minimum absolute atomic E-state index is 0.319. The van der Waals surface area contributed by atoms with E-state index in [1.54, 1.807) is 15.4 Å². The summed E-state index contributed by atoms with van der Waals surface area (Å²) in [6, 6.07) is 9.90. The van der Waals surface area contributed by atoms with Gasteiger partial charge in [0.1, 0.15) is 5.69 Å². The second kappa shape index (κ2) is 6.88. The highest BCUT2D eigenvalue weighted by atomic mass is 35.5. The standard InChI is InChI=1S/C17H18ClN5O/c1-3-23-16(14(18)10-19-23)17(24)20-15-8-9-22(21-15)11-13-7-5-4-6-12(13)2/h4-10H,3,11H2,1-2H3,(H,20,21,24). The summed E-state index contributed by atoms with van der Waals surface area (Å²) in [4.78, 5) is 12.4. The van der Waals surface area contributed by atoms with Gasteiger partial charge in [-0.05, 0) is 25.0 Å². The van der Waals surface area contributed by atoms with E-state index >= 15 is 0 Å². The monoisotopic (exact) mass is 343 g/mol. The molecule has 0 saturated carbocycles. The van der Waals surface area contributed by atoms with E-state index in [0.29, 0.717) is 29.6 Å². The smallest absolute Gasteiger partial charge is 0.276 e. The number of amides is 1. The van der Waals surface area contributed by atoms with Gasteiger partial charge >= 0.3 is 0 Å². The van der Waals surface area contributed by atoms with Crippen LogP contribution in [-0.4, -0.2) is 25.5 Å². The number of aromatic nitrogens is 4. The highest BCUT2D eigenvalue weighted by Gasteiger charge is 2.17. The molecular formula is C17H18ClN5O. The third-order valence-corrected chi connectivity index (χ3v) is 4.06. The van der Waals surface area contributed by atoms with E-state index in [1.807, 2.05) is 25.3 Å². The first kappa shape index (κ1) is 16.3. The van der Waals surface area contributed by atoms with Gasteiger partial charge in [-0.3, -0.25) is 14.2 Å². The number of hydrogen-bond acceptors (Lipinski definition) is 3. The molecule has 1 amide bonds. The third kappa shape index (κ3) is 3.33. The van der Waals surface area contributed by atoms with E-state index in [0.717, 1.165) is 0 Å². The van der Waals surface area contributed by atoms with Crippen LogP contribution < -0.4 is 5.32 Å². The first-order valence-corrected chi connectivity index (χ1v) is 8.07. The quantitative estimate of drug-likeness (QED) is 0.772. The number of aryl methyl sites for hydroxylation is 2. The Morgan fingerprint density at radius 1 is 1.29 bits per heavy atom. The molecule has 1 N–H and O–H groups in total. The van der Waals surface area contributed by atoms with Crippen LogP contribution in [0.3, 0.4) is 0 Å². The second-order valence-corrected chi connectivity index (χ2v) is 5.84. The van der Waals surface area contributed by atoms with Gasteiger partial charge < -0.3 is 5.32 Å². The highest BCUT2D eigenvalue weighted by molar-refractivity contribution is 6.34. The molecule has 0 aliphatic carbocycles. The fraction of sp³-hybridized carbons (Fsp3) is 0.235. The zero-order chi connectivity index (χ0) is 17.1. The van der Waals surface area contributed by atoms with Crippen LogP contribution in [0, 0.1) is 6.92 Å². The Morgan fingerprint density at radius 3 is 2.83 bits per heavy atom. The van der Waals surface area contributed by atoms with E-state index in [9.17, 15) is 4.79 Å². The van der Waals surface area contributed by atoms with Crippen LogP contribution in [0.4, 0.5) is 5.82 Å². The van der Waals surface area contributed by atoms with Crippen molar-refractivity contribution in [3.63, 3.8) is 0 Å². The van der Waals surface area contributed by atoms with E-state index in [2.05, 4.69) is 34.6 Å². The molecule has 7 heteroatoms. The van der Waals surface area contributed by atoms with Gasteiger partial charge in [0.15, 0.2) is 5.82 Å². The first-order valence-electron chi connectivity index (χ1n) is 7.69. The van der Waals surface area contributed by atoms with Crippen LogP contribution in [0.1, 0.15) is 28.5 Å². The second-order valence-electron chi connectivity index (χ2n) is 5.44. The van der Waals surface area contributed by atoms with Gasteiger partial charge in [-0.2, -0.15) is 10.2 Å². The number of carbonyl (C=O) groups excluding carboxylic acids is 1. The lowest BCUT2D eigenvalue weighted by Gasteiger charge is -2.06. The van der Waals surface area contributed by atoms with Crippen molar-refractivity contribution in [3.05, 3.63) is 64.6 Å². The van der Waals surface area contributed by atoms with Crippen LogP contribution in [0.2, 0.25) is 5.02 Å². The summed E-state index contributed by atoms with van der Waals surface area (Å²) in [5, 5.41) is 11.6. The Labute approximate surface area is 145 Å². The molecule has 124 valence electrons. The summed E-state index contributed by atoms with van der Waals surface area (Å²) < 4.78 is 3.35. The number of nitrogens with zero attached hydrogens (tertiary/aromatic N) is 4. The van der Waals surface area contributed by atoms with Crippen molar-refractivity contribution >= 4 is 23.3 Å². The van der Waals surface area contributed by atoms with Crippen molar-refractivity contribution in [2.24, 2.45) is 0 Å². The van der Waals surface area contributed by atoms with Gasteiger partial charge in [-0.25, -0.2) is 0 Å². The van der Waals surface area contributed by atoms with Crippen LogP contribution in [0.5, 0.6) is 0 Å². The molecular weight excluding hydrogens is 326 g/mol. The summed E-state index contributed by atoms with van der Waals surface area (Å²) >= 11 is 6.04. The van der Waals surface area contributed by atoms with Crippen molar-refractivity contribution in [1.29, 1.82) is 0 Å². The summed E-state index contributed by atoms with van der Waals surface area (Å²) in [7, 11) is 0. The number of rotatable bonds is 5. The lowest BCUT2D eigenvalue weighted by Crippen LogP contribution is -2.18. The number of anilines is 1. The Bertz CT molecular complexity index is 868. The SMILES string of the molecule is CCn1ncc(Cl)c1C(=O)Nc1ccn(Cc2ccccc2C)n1. The Kier molecular flexibility index (Phi) is 4.66. The molecule has 24 heavy (non-hydrogen) atoms. The molecule has 1 aromatic carbocycles. The Hall–Kier alpha value is -2.60. The molecule has 0 radical (unpaired) electrons.